The van der Waals surface area contributed by atoms with Crippen LogP contribution in [-0.2, 0) is 0 Å². The number of anilines is 1. The number of nitrogens with zero attached hydrogens (tertiary/aromatic N) is 3. The van der Waals surface area contributed by atoms with E-state index in [4.69, 9.17) is 22.6 Å². The number of aromatic nitrogens is 1. The first-order valence-electron chi connectivity index (χ1n) is 6.18. The van der Waals surface area contributed by atoms with Crippen LogP contribution >= 0.6 is 11.6 Å². The third-order valence-electron chi connectivity index (χ3n) is 3.51. The smallest absolute Gasteiger partial charge is 0.149 e. The van der Waals surface area contributed by atoms with Gasteiger partial charge in [-0.05, 0) is 24.8 Å². The van der Waals surface area contributed by atoms with Crippen molar-refractivity contribution in [1.29, 1.82) is 5.26 Å². The zero-order valence-electron chi connectivity index (χ0n) is 10.4. The van der Waals surface area contributed by atoms with Crippen LogP contribution in [0.2, 0.25) is 5.02 Å². The Morgan fingerprint density at radius 3 is 3.11 bits per heavy atom. The minimum atomic E-state index is 0.257. The zero-order chi connectivity index (χ0) is 13.1. The lowest BCUT2D eigenvalue weighted by molar-refractivity contribution is 0.365. The first kappa shape index (κ1) is 13.1. The number of hydrogen-bond donors (Lipinski definition) is 1. The molecule has 2 unspecified atom stereocenters. The summed E-state index contributed by atoms with van der Waals surface area (Å²) in [6.45, 7) is 3.71. The molecule has 2 atom stereocenters. The molecular weight excluding hydrogens is 248 g/mol. The van der Waals surface area contributed by atoms with E-state index in [-0.39, 0.29) is 6.04 Å². The van der Waals surface area contributed by atoms with E-state index in [1.165, 1.54) is 0 Å². The van der Waals surface area contributed by atoms with Gasteiger partial charge in [-0.2, -0.15) is 5.26 Å². The molecule has 96 valence electrons. The zero-order valence-corrected chi connectivity index (χ0v) is 11.2. The Morgan fingerprint density at radius 1 is 1.67 bits per heavy atom. The van der Waals surface area contributed by atoms with Crippen molar-refractivity contribution < 1.29 is 0 Å². The molecular formula is C13H17ClN4. The molecule has 2 rings (SSSR count). The normalized spacial score (nSPS) is 23.8. The Labute approximate surface area is 112 Å². The molecule has 0 radical (unpaired) electrons. The van der Waals surface area contributed by atoms with Gasteiger partial charge in [-0.25, -0.2) is 4.98 Å². The molecule has 0 aliphatic carbocycles. The molecule has 0 saturated carbocycles. The summed E-state index contributed by atoms with van der Waals surface area (Å²) < 4.78 is 0. The third-order valence-corrected chi connectivity index (χ3v) is 3.89. The second-order valence-corrected chi connectivity index (χ2v) is 5.20. The summed E-state index contributed by atoms with van der Waals surface area (Å²) in [7, 11) is 0. The van der Waals surface area contributed by atoms with Crippen LogP contribution in [0.25, 0.3) is 0 Å². The predicted molar refractivity (Wildman–Crippen MR) is 72.5 cm³/mol. The molecule has 1 aromatic heterocycles. The molecule has 5 heteroatoms. The summed E-state index contributed by atoms with van der Waals surface area (Å²) in [5, 5.41) is 9.44. The van der Waals surface area contributed by atoms with Gasteiger partial charge in [0.15, 0.2) is 0 Å². The highest BCUT2D eigenvalue weighted by Gasteiger charge is 2.28. The van der Waals surface area contributed by atoms with Crippen LogP contribution in [0.3, 0.4) is 0 Å². The van der Waals surface area contributed by atoms with E-state index in [2.05, 4.69) is 22.9 Å². The van der Waals surface area contributed by atoms with E-state index in [1.54, 1.807) is 12.3 Å². The van der Waals surface area contributed by atoms with Gasteiger partial charge >= 0.3 is 0 Å². The summed E-state index contributed by atoms with van der Waals surface area (Å²) in [6.07, 6.45) is 3.78. The van der Waals surface area contributed by atoms with Crippen molar-refractivity contribution in [2.45, 2.75) is 25.8 Å². The summed E-state index contributed by atoms with van der Waals surface area (Å²) in [6, 6.07) is 3.98. The van der Waals surface area contributed by atoms with Gasteiger partial charge in [0.2, 0.25) is 0 Å². The van der Waals surface area contributed by atoms with Gasteiger partial charge in [-0.1, -0.05) is 18.5 Å². The Hall–Kier alpha value is -1.31. The molecule has 0 spiro atoms. The van der Waals surface area contributed by atoms with Gasteiger partial charge in [-0.3, -0.25) is 0 Å². The van der Waals surface area contributed by atoms with E-state index in [0.29, 0.717) is 28.9 Å². The van der Waals surface area contributed by atoms with Gasteiger partial charge in [0.05, 0.1) is 5.56 Å². The van der Waals surface area contributed by atoms with Crippen LogP contribution in [0.15, 0.2) is 12.3 Å². The highest BCUT2D eigenvalue weighted by molar-refractivity contribution is 6.34. The lowest BCUT2D eigenvalue weighted by atomic mass is 9.92. The van der Waals surface area contributed by atoms with E-state index in [9.17, 15) is 0 Å². The summed E-state index contributed by atoms with van der Waals surface area (Å²) in [4.78, 5) is 6.46. The van der Waals surface area contributed by atoms with Crippen molar-refractivity contribution in [2.75, 3.05) is 18.0 Å². The van der Waals surface area contributed by atoms with Crippen LogP contribution in [-0.4, -0.2) is 24.1 Å². The highest BCUT2D eigenvalue weighted by atomic mass is 35.5. The lowest BCUT2D eigenvalue weighted by Crippen LogP contribution is -2.46. The number of piperidine rings is 1. The number of halogens is 1. The maximum Gasteiger partial charge on any atom is 0.149 e. The fourth-order valence-corrected chi connectivity index (χ4v) is 2.74. The van der Waals surface area contributed by atoms with E-state index in [0.717, 1.165) is 19.4 Å². The second-order valence-electron chi connectivity index (χ2n) is 4.82. The number of nitrogens with two attached hydrogens (primary N) is 1. The molecule has 0 aromatic carbocycles. The van der Waals surface area contributed by atoms with Gasteiger partial charge in [0, 0.05) is 25.3 Å². The molecule has 18 heavy (non-hydrogen) atoms. The van der Waals surface area contributed by atoms with Crippen LogP contribution in [0.4, 0.5) is 5.82 Å². The molecule has 0 amide bonds. The highest BCUT2D eigenvalue weighted by Crippen LogP contribution is 2.32. The van der Waals surface area contributed by atoms with Crippen molar-refractivity contribution in [3.63, 3.8) is 0 Å². The Morgan fingerprint density at radius 2 is 2.44 bits per heavy atom. The largest absolute Gasteiger partial charge is 0.351 e. The Kier molecular flexibility index (Phi) is 4.05. The fourth-order valence-electron chi connectivity index (χ4n) is 2.47. The molecule has 2 heterocycles. The summed E-state index contributed by atoms with van der Waals surface area (Å²) in [5.41, 5.74) is 6.30. The molecule has 4 nitrogen and oxygen atoms in total. The number of pyridine rings is 1. The fraction of sp³-hybridized carbons (Fsp3) is 0.538. The van der Waals surface area contributed by atoms with Crippen molar-refractivity contribution in [3.8, 4) is 6.07 Å². The number of nitriles is 1. The first-order valence-corrected chi connectivity index (χ1v) is 6.56. The molecule has 1 aliphatic rings. The molecule has 1 aromatic rings. The van der Waals surface area contributed by atoms with Crippen molar-refractivity contribution in [2.24, 2.45) is 11.7 Å². The first-order chi connectivity index (χ1) is 8.67. The molecule has 0 bridgehead atoms. The van der Waals surface area contributed by atoms with Crippen molar-refractivity contribution in [3.05, 3.63) is 22.8 Å². The topological polar surface area (TPSA) is 65.9 Å². The predicted octanol–water partition coefficient (Wildman–Crippen LogP) is 2.17. The monoisotopic (exact) mass is 264 g/mol. The van der Waals surface area contributed by atoms with Crippen LogP contribution in [0, 0.1) is 17.2 Å². The van der Waals surface area contributed by atoms with Gasteiger partial charge in [-0.15, -0.1) is 0 Å². The van der Waals surface area contributed by atoms with E-state index < -0.39 is 0 Å². The average Bonchev–Trinajstić information content (AvgIpc) is 2.39. The summed E-state index contributed by atoms with van der Waals surface area (Å²) in [5.74, 6) is 1.37. The minimum absolute atomic E-state index is 0.257. The molecule has 1 saturated heterocycles. The van der Waals surface area contributed by atoms with Gasteiger partial charge in [0.25, 0.3) is 0 Å². The summed E-state index contributed by atoms with van der Waals surface area (Å²) >= 11 is 6.23. The maximum absolute atomic E-state index is 9.00. The maximum atomic E-state index is 9.00. The van der Waals surface area contributed by atoms with Crippen LogP contribution in [0.5, 0.6) is 0 Å². The van der Waals surface area contributed by atoms with Crippen molar-refractivity contribution >= 4 is 17.4 Å². The number of rotatable bonds is 2. The lowest BCUT2D eigenvalue weighted by Gasteiger charge is -2.39. The average molecular weight is 265 g/mol. The standard InChI is InChI=1S/C13H17ClN4/c1-9-3-5-18(11(6-9)8-16)13-12(14)10(7-15)2-4-17-13/h2,4,9,11H,3,5-6,8,16H2,1H3. The van der Waals surface area contributed by atoms with Crippen LogP contribution < -0.4 is 10.6 Å². The molecule has 2 N–H and O–H groups in total. The van der Waals surface area contributed by atoms with Crippen molar-refractivity contribution in [1.82, 2.24) is 4.98 Å². The quantitative estimate of drug-likeness (QED) is 0.889. The van der Waals surface area contributed by atoms with Gasteiger partial charge in [0.1, 0.15) is 16.9 Å². The second kappa shape index (κ2) is 5.55. The van der Waals surface area contributed by atoms with E-state index in [1.807, 2.05) is 0 Å². The van der Waals surface area contributed by atoms with Crippen LogP contribution in [0.1, 0.15) is 25.3 Å². The third kappa shape index (κ3) is 2.43. The minimum Gasteiger partial charge on any atom is -0.351 e. The Bertz CT molecular complexity index is 469. The molecule has 1 aliphatic heterocycles. The van der Waals surface area contributed by atoms with Gasteiger partial charge < -0.3 is 10.6 Å². The SMILES string of the molecule is CC1CCN(c2nccc(C#N)c2Cl)C(CN)C1. The molecule has 1 fully saturated rings. The number of hydrogen-bond acceptors (Lipinski definition) is 4. The Balaban J connectivity index is 2.33. The van der Waals surface area contributed by atoms with E-state index >= 15 is 0 Å².